The quantitative estimate of drug-likeness (QED) is 0.717. The first kappa shape index (κ1) is 8.20. The molecule has 2 rings (SSSR count). The van der Waals surface area contributed by atoms with Crippen LogP contribution in [0.25, 0.3) is 0 Å². The van der Waals surface area contributed by atoms with E-state index in [-0.39, 0.29) is 0 Å². The fourth-order valence-electron chi connectivity index (χ4n) is 1.67. The summed E-state index contributed by atoms with van der Waals surface area (Å²) in [6.45, 7) is 4.42. The van der Waals surface area contributed by atoms with E-state index in [1.54, 1.807) is 0 Å². The maximum absolute atomic E-state index is 4.29. The molecule has 0 amide bonds. The lowest BCUT2D eigenvalue weighted by molar-refractivity contribution is 0.465. The Bertz CT molecular complexity index is 251. The highest BCUT2D eigenvalue weighted by Crippen LogP contribution is 2.29. The molecule has 1 aliphatic heterocycles. The second-order valence-corrected chi connectivity index (χ2v) is 4.57. The highest BCUT2D eigenvalue weighted by atomic mass is 32.1. The monoisotopic (exact) mass is 182 g/mol. The molecule has 0 spiro atoms. The van der Waals surface area contributed by atoms with Crippen LogP contribution in [0.1, 0.15) is 28.6 Å². The average molecular weight is 182 g/mol. The number of nitrogens with one attached hydrogen (secondary N) is 1. The Morgan fingerprint density at radius 3 is 2.83 bits per heavy atom. The molecular weight excluding hydrogens is 168 g/mol. The van der Waals surface area contributed by atoms with E-state index < -0.39 is 0 Å². The van der Waals surface area contributed by atoms with Crippen LogP contribution < -0.4 is 5.32 Å². The molecule has 3 heteroatoms. The number of aromatic nitrogens is 1. The SMILES string of the molecule is Cc1ncc(C2CCNCC2)s1. The van der Waals surface area contributed by atoms with Gasteiger partial charge in [-0.2, -0.15) is 0 Å². The minimum Gasteiger partial charge on any atom is -0.317 e. The Balaban J connectivity index is 2.08. The van der Waals surface area contributed by atoms with E-state index >= 15 is 0 Å². The highest BCUT2D eigenvalue weighted by molar-refractivity contribution is 7.11. The zero-order chi connectivity index (χ0) is 8.39. The maximum atomic E-state index is 4.29. The molecule has 1 saturated heterocycles. The standard InChI is InChI=1S/C9H14N2S/c1-7-11-6-9(12-7)8-2-4-10-5-3-8/h6,8,10H,2-5H2,1H3. The van der Waals surface area contributed by atoms with Crippen molar-refractivity contribution in [2.24, 2.45) is 0 Å². The van der Waals surface area contributed by atoms with Gasteiger partial charge in [0.15, 0.2) is 0 Å². The van der Waals surface area contributed by atoms with E-state index in [1.165, 1.54) is 35.8 Å². The Morgan fingerprint density at radius 2 is 2.25 bits per heavy atom. The normalized spacial score (nSPS) is 19.8. The largest absolute Gasteiger partial charge is 0.317 e. The van der Waals surface area contributed by atoms with Gasteiger partial charge in [0.25, 0.3) is 0 Å². The zero-order valence-electron chi connectivity index (χ0n) is 7.34. The van der Waals surface area contributed by atoms with Crippen molar-refractivity contribution in [3.8, 4) is 0 Å². The Labute approximate surface area is 77.0 Å². The van der Waals surface area contributed by atoms with Crippen LogP contribution >= 0.6 is 11.3 Å². The third-order valence-corrected chi connectivity index (χ3v) is 3.46. The average Bonchev–Trinajstić information content (AvgIpc) is 2.54. The number of aryl methyl sites for hydroxylation is 1. The van der Waals surface area contributed by atoms with Crippen molar-refractivity contribution in [2.45, 2.75) is 25.7 Å². The predicted molar refractivity (Wildman–Crippen MR) is 51.7 cm³/mol. The predicted octanol–water partition coefficient (Wildman–Crippen LogP) is 1.92. The third kappa shape index (κ3) is 1.67. The van der Waals surface area contributed by atoms with Gasteiger partial charge in [-0.05, 0) is 38.8 Å². The summed E-state index contributed by atoms with van der Waals surface area (Å²) in [6.07, 6.45) is 4.61. The molecule has 1 aromatic heterocycles. The molecule has 0 radical (unpaired) electrons. The number of nitrogens with zero attached hydrogens (tertiary/aromatic N) is 1. The van der Waals surface area contributed by atoms with Crippen LogP contribution in [0.4, 0.5) is 0 Å². The molecule has 1 fully saturated rings. The fraction of sp³-hybridized carbons (Fsp3) is 0.667. The lowest BCUT2D eigenvalue weighted by Gasteiger charge is -2.20. The van der Waals surface area contributed by atoms with Crippen molar-refractivity contribution in [1.82, 2.24) is 10.3 Å². The molecule has 0 bridgehead atoms. The maximum Gasteiger partial charge on any atom is 0.0896 e. The van der Waals surface area contributed by atoms with Gasteiger partial charge in [0.2, 0.25) is 0 Å². The van der Waals surface area contributed by atoms with E-state index in [9.17, 15) is 0 Å². The molecule has 0 atom stereocenters. The van der Waals surface area contributed by atoms with Gasteiger partial charge in [-0.3, -0.25) is 0 Å². The van der Waals surface area contributed by atoms with Gasteiger partial charge in [0, 0.05) is 11.1 Å². The third-order valence-electron chi connectivity index (χ3n) is 2.38. The number of rotatable bonds is 1. The Kier molecular flexibility index (Phi) is 2.42. The molecule has 0 saturated carbocycles. The minimum atomic E-state index is 0.775. The van der Waals surface area contributed by atoms with Crippen LogP contribution in [0, 0.1) is 6.92 Å². The molecule has 2 heterocycles. The first-order valence-electron chi connectivity index (χ1n) is 4.49. The van der Waals surface area contributed by atoms with Crippen LogP contribution in [-0.4, -0.2) is 18.1 Å². The van der Waals surface area contributed by atoms with Crippen molar-refractivity contribution in [1.29, 1.82) is 0 Å². The topological polar surface area (TPSA) is 24.9 Å². The molecule has 1 aromatic rings. The molecule has 1 aliphatic rings. The van der Waals surface area contributed by atoms with Gasteiger partial charge in [-0.1, -0.05) is 0 Å². The summed E-state index contributed by atoms with van der Waals surface area (Å²) in [7, 11) is 0. The second kappa shape index (κ2) is 3.54. The van der Waals surface area contributed by atoms with Crippen LogP contribution in [0.5, 0.6) is 0 Å². The molecule has 66 valence electrons. The first-order chi connectivity index (χ1) is 5.86. The van der Waals surface area contributed by atoms with Gasteiger partial charge < -0.3 is 5.32 Å². The number of hydrogen-bond acceptors (Lipinski definition) is 3. The molecule has 2 nitrogen and oxygen atoms in total. The van der Waals surface area contributed by atoms with Crippen LogP contribution in [0.2, 0.25) is 0 Å². The van der Waals surface area contributed by atoms with E-state index in [1.807, 2.05) is 11.3 Å². The summed E-state index contributed by atoms with van der Waals surface area (Å²) in [5.41, 5.74) is 0. The summed E-state index contributed by atoms with van der Waals surface area (Å²) in [6, 6.07) is 0. The van der Waals surface area contributed by atoms with E-state index in [0.717, 1.165) is 5.92 Å². The molecule has 0 aromatic carbocycles. The lowest BCUT2D eigenvalue weighted by Crippen LogP contribution is -2.26. The summed E-state index contributed by atoms with van der Waals surface area (Å²) < 4.78 is 0. The Morgan fingerprint density at radius 1 is 1.50 bits per heavy atom. The molecular formula is C9H14N2S. The molecule has 12 heavy (non-hydrogen) atoms. The van der Waals surface area contributed by atoms with Gasteiger partial charge in [0.1, 0.15) is 0 Å². The number of hydrogen-bond donors (Lipinski definition) is 1. The van der Waals surface area contributed by atoms with Crippen LogP contribution in [0.15, 0.2) is 6.20 Å². The van der Waals surface area contributed by atoms with E-state index in [0.29, 0.717) is 0 Å². The second-order valence-electron chi connectivity index (χ2n) is 3.31. The fourth-order valence-corrected chi connectivity index (χ4v) is 2.63. The van der Waals surface area contributed by atoms with Crippen molar-refractivity contribution in [3.05, 3.63) is 16.1 Å². The molecule has 1 N–H and O–H groups in total. The first-order valence-corrected chi connectivity index (χ1v) is 5.31. The lowest BCUT2D eigenvalue weighted by atomic mass is 9.97. The summed E-state index contributed by atoms with van der Waals surface area (Å²) in [5.74, 6) is 0.775. The van der Waals surface area contributed by atoms with Gasteiger partial charge in [-0.15, -0.1) is 11.3 Å². The van der Waals surface area contributed by atoms with Crippen molar-refractivity contribution in [3.63, 3.8) is 0 Å². The highest BCUT2D eigenvalue weighted by Gasteiger charge is 2.16. The number of piperidine rings is 1. The minimum absolute atomic E-state index is 0.775. The summed E-state index contributed by atoms with van der Waals surface area (Å²) in [4.78, 5) is 5.77. The molecule has 0 unspecified atom stereocenters. The van der Waals surface area contributed by atoms with E-state index in [4.69, 9.17) is 0 Å². The van der Waals surface area contributed by atoms with E-state index in [2.05, 4.69) is 23.4 Å². The number of thiazole rings is 1. The smallest absolute Gasteiger partial charge is 0.0896 e. The van der Waals surface area contributed by atoms with Gasteiger partial charge in [0.05, 0.1) is 5.01 Å². The van der Waals surface area contributed by atoms with Gasteiger partial charge >= 0.3 is 0 Å². The van der Waals surface area contributed by atoms with Crippen molar-refractivity contribution >= 4 is 11.3 Å². The zero-order valence-corrected chi connectivity index (χ0v) is 8.16. The Hall–Kier alpha value is -0.410. The summed E-state index contributed by atoms with van der Waals surface area (Å²) >= 11 is 1.86. The van der Waals surface area contributed by atoms with Crippen LogP contribution in [-0.2, 0) is 0 Å². The van der Waals surface area contributed by atoms with Crippen molar-refractivity contribution < 1.29 is 0 Å². The summed E-state index contributed by atoms with van der Waals surface area (Å²) in [5, 5.41) is 4.57. The van der Waals surface area contributed by atoms with Crippen molar-refractivity contribution in [2.75, 3.05) is 13.1 Å². The van der Waals surface area contributed by atoms with Gasteiger partial charge in [-0.25, -0.2) is 4.98 Å². The molecule has 0 aliphatic carbocycles. The van der Waals surface area contributed by atoms with Crippen LogP contribution in [0.3, 0.4) is 0 Å².